The van der Waals surface area contributed by atoms with Crippen LogP contribution in [0, 0.1) is 0 Å². The lowest BCUT2D eigenvalue weighted by Crippen LogP contribution is -2.10. The molecule has 16 rings (SSSR count). The van der Waals surface area contributed by atoms with Crippen LogP contribution in [0.3, 0.4) is 0 Å². The molecule has 0 atom stereocenters. The zero-order valence-electron chi connectivity index (χ0n) is 41.0. The van der Waals surface area contributed by atoms with E-state index < -0.39 is 0 Å². The molecule has 6 heteroatoms. The van der Waals surface area contributed by atoms with Crippen molar-refractivity contribution in [1.82, 2.24) is 23.7 Å². The number of para-hydroxylation sites is 6. The summed E-state index contributed by atoms with van der Waals surface area (Å²) in [5.41, 5.74) is 16.9. The second-order valence-electron chi connectivity index (χ2n) is 19.7. The highest BCUT2D eigenvalue weighted by atomic mass is 32.1. The summed E-state index contributed by atoms with van der Waals surface area (Å²) in [6, 6.07) is 94.7. The van der Waals surface area contributed by atoms with Crippen LogP contribution in [0.5, 0.6) is 0 Å². The quantitative estimate of drug-likeness (QED) is 0.160. The van der Waals surface area contributed by atoms with Crippen molar-refractivity contribution < 1.29 is 0 Å². The summed E-state index contributed by atoms with van der Waals surface area (Å²) in [7, 11) is 0. The molecular formula is C70H43N5S. The molecule has 0 fully saturated rings. The molecule has 0 spiro atoms. The molecule has 354 valence electrons. The summed E-state index contributed by atoms with van der Waals surface area (Å²) in [6.45, 7) is 0. The summed E-state index contributed by atoms with van der Waals surface area (Å²) in [4.78, 5) is 11.0. The Morgan fingerprint density at radius 2 is 0.671 bits per heavy atom. The minimum atomic E-state index is 0.663. The van der Waals surface area contributed by atoms with Gasteiger partial charge in [-0.25, -0.2) is 9.97 Å². The van der Waals surface area contributed by atoms with Crippen LogP contribution in [0.2, 0.25) is 0 Å². The second kappa shape index (κ2) is 16.8. The maximum Gasteiger partial charge on any atom is 0.160 e. The normalized spacial score (nSPS) is 11.9. The smallest absolute Gasteiger partial charge is 0.160 e. The van der Waals surface area contributed by atoms with Gasteiger partial charge in [-0.2, -0.15) is 0 Å². The lowest BCUT2D eigenvalue weighted by Gasteiger charge is -2.23. The molecule has 0 aliphatic carbocycles. The topological polar surface area (TPSA) is 40.6 Å². The van der Waals surface area contributed by atoms with Crippen molar-refractivity contribution in [3.8, 4) is 62.1 Å². The lowest BCUT2D eigenvalue weighted by molar-refractivity contribution is 1.05. The van der Waals surface area contributed by atoms with E-state index in [4.69, 9.17) is 9.97 Å². The maximum atomic E-state index is 5.57. The average Bonchev–Trinajstić information content (AvgIpc) is 4.33. The Labute approximate surface area is 441 Å². The Kier molecular flexibility index (Phi) is 9.44. The van der Waals surface area contributed by atoms with Crippen molar-refractivity contribution in [1.29, 1.82) is 0 Å². The Balaban J connectivity index is 1.02. The molecule has 0 saturated heterocycles. The fourth-order valence-electron chi connectivity index (χ4n) is 12.1. The van der Waals surface area contributed by atoms with Crippen LogP contribution in [0.25, 0.3) is 148 Å². The number of fused-ring (bicyclic) bond motifs is 12. The second-order valence-corrected chi connectivity index (χ2v) is 20.7. The van der Waals surface area contributed by atoms with Crippen LogP contribution >= 0.6 is 11.3 Å². The number of thiophene rings is 1. The highest BCUT2D eigenvalue weighted by Gasteiger charge is 2.27. The van der Waals surface area contributed by atoms with Gasteiger partial charge in [-0.3, -0.25) is 0 Å². The van der Waals surface area contributed by atoms with Gasteiger partial charge in [0.05, 0.1) is 61.6 Å². The summed E-state index contributed by atoms with van der Waals surface area (Å²) in [6.07, 6.45) is 0. The van der Waals surface area contributed by atoms with Gasteiger partial charge in [-0.15, -0.1) is 11.3 Å². The van der Waals surface area contributed by atoms with Gasteiger partial charge in [-0.05, 0) is 71.8 Å². The first kappa shape index (κ1) is 42.6. The van der Waals surface area contributed by atoms with Crippen LogP contribution in [0.4, 0.5) is 0 Å². The summed E-state index contributed by atoms with van der Waals surface area (Å²) < 4.78 is 10.1. The van der Waals surface area contributed by atoms with Crippen molar-refractivity contribution in [2.24, 2.45) is 0 Å². The molecule has 0 saturated carbocycles. The van der Waals surface area contributed by atoms with Crippen molar-refractivity contribution in [2.75, 3.05) is 0 Å². The predicted octanol–water partition coefficient (Wildman–Crippen LogP) is 18.8. The molecule has 0 aliphatic rings. The molecule has 0 N–H and O–H groups in total. The van der Waals surface area contributed by atoms with Crippen molar-refractivity contribution in [3.05, 3.63) is 261 Å². The highest BCUT2D eigenvalue weighted by molar-refractivity contribution is 7.26. The zero-order valence-corrected chi connectivity index (χ0v) is 41.8. The van der Waals surface area contributed by atoms with Crippen molar-refractivity contribution >= 4 is 96.9 Å². The third kappa shape index (κ3) is 6.44. The van der Waals surface area contributed by atoms with Gasteiger partial charge in [0, 0.05) is 69.2 Å². The van der Waals surface area contributed by atoms with Gasteiger partial charge in [0.1, 0.15) is 0 Å². The fraction of sp³-hybridized carbons (Fsp3) is 0. The van der Waals surface area contributed by atoms with Crippen LogP contribution in [0.1, 0.15) is 0 Å². The third-order valence-corrected chi connectivity index (χ3v) is 16.7. The summed E-state index contributed by atoms with van der Waals surface area (Å²) in [5.74, 6) is 0.663. The first-order valence-corrected chi connectivity index (χ1v) is 26.6. The molecule has 0 bridgehead atoms. The molecule has 16 aromatic rings. The lowest BCUT2D eigenvalue weighted by atomic mass is 9.99. The third-order valence-electron chi connectivity index (χ3n) is 15.5. The van der Waals surface area contributed by atoms with E-state index in [1.807, 2.05) is 17.4 Å². The van der Waals surface area contributed by atoms with E-state index in [1.165, 1.54) is 63.6 Å². The van der Waals surface area contributed by atoms with Crippen molar-refractivity contribution in [3.63, 3.8) is 0 Å². The summed E-state index contributed by atoms with van der Waals surface area (Å²) >= 11 is 1.86. The molecule has 5 heterocycles. The van der Waals surface area contributed by atoms with Crippen LogP contribution in [0.15, 0.2) is 261 Å². The molecule has 76 heavy (non-hydrogen) atoms. The Morgan fingerprint density at radius 1 is 0.276 bits per heavy atom. The number of hydrogen-bond donors (Lipinski definition) is 0. The minimum Gasteiger partial charge on any atom is -0.307 e. The largest absolute Gasteiger partial charge is 0.307 e. The molecular weight excluding hydrogens is 943 g/mol. The maximum absolute atomic E-state index is 5.57. The monoisotopic (exact) mass is 985 g/mol. The van der Waals surface area contributed by atoms with Gasteiger partial charge in [0.25, 0.3) is 0 Å². The first-order valence-electron chi connectivity index (χ1n) is 25.8. The Morgan fingerprint density at radius 3 is 1.17 bits per heavy atom. The van der Waals surface area contributed by atoms with Gasteiger partial charge in [0.15, 0.2) is 5.82 Å². The molecule has 0 aliphatic heterocycles. The van der Waals surface area contributed by atoms with Gasteiger partial charge in [0.2, 0.25) is 0 Å². The molecule has 0 unspecified atom stereocenters. The van der Waals surface area contributed by atoms with Gasteiger partial charge >= 0.3 is 0 Å². The zero-order chi connectivity index (χ0) is 49.8. The number of benzene rings is 11. The molecule has 5 aromatic heterocycles. The van der Waals surface area contributed by atoms with E-state index in [-0.39, 0.29) is 0 Å². The Hall–Kier alpha value is -9.88. The standard InChI is InChI=1S/C70H43N5S/c1-2-19-46(20-3-1)70-71-57(45-39-37-44(38-40-45)48-28-18-29-56-55-27-10-17-36-67(55)76-69(48)56)43-58(72-70)47-41-65(73-59-30-11-4-21-49(59)50-22-5-12-31-60(50)73)68(75-63-34-15-8-25-53(63)54-26-9-16-35-64(54)75)66(42-47)74-61-32-13-6-23-51(61)52-24-7-14-33-62(52)74/h1-43H. The van der Waals surface area contributed by atoms with Crippen LogP contribution < -0.4 is 0 Å². The van der Waals surface area contributed by atoms with E-state index in [0.717, 1.165) is 78.2 Å². The van der Waals surface area contributed by atoms with E-state index in [2.05, 4.69) is 268 Å². The number of aromatic nitrogens is 5. The molecule has 0 amide bonds. The van der Waals surface area contributed by atoms with E-state index in [9.17, 15) is 0 Å². The minimum absolute atomic E-state index is 0.663. The van der Waals surface area contributed by atoms with E-state index >= 15 is 0 Å². The first-order chi connectivity index (χ1) is 37.7. The van der Waals surface area contributed by atoms with Gasteiger partial charge in [-0.1, -0.05) is 200 Å². The van der Waals surface area contributed by atoms with E-state index in [1.54, 1.807) is 0 Å². The van der Waals surface area contributed by atoms with Gasteiger partial charge < -0.3 is 13.7 Å². The highest BCUT2D eigenvalue weighted by Crippen LogP contribution is 2.46. The van der Waals surface area contributed by atoms with Crippen LogP contribution in [-0.4, -0.2) is 23.7 Å². The molecule has 5 nitrogen and oxygen atoms in total. The summed E-state index contributed by atoms with van der Waals surface area (Å²) in [5, 5.41) is 9.76. The average molecular weight is 986 g/mol. The molecule has 0 radical (unpaired) electrons. The number of rotatable bonds is 7. The Bertz CT molecular complexity index is 4700. The van der Waals surface area contributed by atoms with Crippen LogP contribution in [-0.2, 0) is 0 Å². The van der Waals surface area contributed by atoms with E-state index in [0.29, 0.717) is 5.82 Å². The fourth-order valence-corrected chi connectivity index (χ4v) is 13.3. The SMILES string of the molecule is c1ccc(-c2nc(-c3ccc(-c4cccc5c4sc4ccccc45)cc3)cc(-c3cc(-n4c5ccccc5c5ccccc54)c(-n4c5ccccc5c5ccccc54)c(-n4c5ccccc5c5ccccc54)c3)n2)cc1. The predicted molar refractivity (Wildman–Crippen MR) is 320 cm³/mol. The molecule has 11 aromatic carbocycles. The number of hydrogen-bond acceptors (Lipinski definition) is 3. The number of nitrogens with zero attached hydrogens (tertiary/aromatic N) is 5. The van der Waals surface area contributed by atoms with Crippen molar-refractivity contribution in [2.45, 2.75) is 0 Å².